The minimum Gasteiger partial charge on any atom is -0.313 e. The molecule has 3 heterocycles. The molecule has 0 saturated carbocycles. The fourth-order valence-electron chi connectivity index (χ4n) is 3.36. The molecule has 0 fully saturated rings. The van der Waals surface area contributed by atoms with Crippen LogP contribution in [0.5, 0.6) is 0 Å². The van der Waals surface area contributed by atoms with Gasteiger partial charge in [-0.05, 0) is 35.9 Å². The van der Waals surface area contributed by atoms with Gasteiger partial charge in [0.25, 0.3) is 0 Å². The van der Waals surface area contributed by atoms with Gasteiger partial charge in [0.15, 0.2) is 0 Å². The molecule has 122 valence electrons. The fourth-order valence-corrected chi connectivity index (χ4v) is 4.79. The Morgan fingerprint density at radius 3 is 2.84 bits per heavy atom. The molecule has 25 heavy (non-hydrogen) atoms. The molecule has 0 aliphatic carbocycles. The average molecular weight is 383 g/mol. The zero-order chi connectivity index (χ0) is 17.0. The summed E-state index contributed by atoms with van der Waals surface area (Å²) >= 11 is 14.5. The summed E-state index contributed by atoms with van der Waals surface area (Å²) in [6, 6.07) is 16.4. The standard InChI is InChI=1S/C20H12Cl2N2S/c21-15-4-1-3-13-10-23-19(17-5-2-8-24(17)20(13)15)12-6-7-18-14(9-12)16(22)11-25-18/h1-9,11H,10H2. The van der Waals surface area contributed by atoms with Gasteiger partial charge in [0.05, 0.1) is 33.7 Å². The number of para-hydroxylation sites is 1. The van der Waals surface area contributed by atoms with Crippen LogP contribution in [0.4, 0.5) is 0 Å². The summed E-state index contributed by atoms with van der Waals surface area (Å²) in [6.45, 7) is 0.600. The van der Waals surface area contributed by atoms with Crippen LogP contribution in [0.1, 0.15) is 16.8 Å². The molecule has 1 aliphatic rings. The highest BCUT2D eigenvalue weighted by Crippen LogP contribution is 2.33. The highest BCUT2D eigenvalue weighted by Gasteiger charge is 2.20. The molecule has 0 amide bonds. The summed E-state index contributed by atoms with van der Waals surface area (Å²) in [7, 11) is 0. The highest BCUT2D eigenvalue weighted by molar-refractivity contribution is 7.17. The molecule has 5 heteroatoms. The van der Waals surface area contributed by atoms with Gasteiger partial charge in [0.1, 0.15) is 0 Å². The van der Waals surface area contributed by atoms with Crippen LogP contribution in [-0.2, 0) is 6.54 Å². The molecule has 0 radical (unpaired) electrons. The van der Waals surface area contributed by atoms with Crippen molar-refractivity contribution in [2.24, 2.45) is 4.99 Å². The van der Waals surface area contributed by atoms with Crippen molar-refractivity contribution in [3.8, 4) is 5.69 Å². The van der Waals surface area contributed by atoms with E-state index in [0.717, 1.165) is 43.7 Å². The molecule has 0 spiro atoms. The lowest BCUT2D eigenvalue weighted by Gasteiger charge is -2.12. The van der Waals surface area contributed by atoms with Gasteiger partial charge in [-0.2, -0.15) is 0 Å². The quantitative estimate of drug-likeness (QED) is 0.364. The minimum absolute atomic E-state index is 0.600. The number of halogens is 2. The molecule has 2 aromatic heterocycles. The normalized spacial score (nSPS) is 13.3. The largest absolute Gasteiger partial charge is 0.313 e. The number of benzene rings is 2. The number of thiophene rings is 1. The lowest BCUT2D eigenvalue weighted by atomic mass is 10.1. The molecule has 2 nitrogen and oxygen atoms in total. The van der Waals surface area contributed by atoms with Gasteiger partial charge in [-0.1, -0.05) is 41.4 Å². The van der Waals surface area contributed by atoms with Gasteiger partial charge >= 0.3 is 0 Å². The van der Waals surface area contributed by atoms with E-state index >= 15 is 0 Å². The number of aromatic nitrogens is 1. The Bertz CT molecular complexity index is 1150. The minimum atomic E-state index is 0.600. The summed E-state index contributed by atoms with van der Waals surface area (Å²) in [5.41, 5.74) is 5.20. The summed E-state index contributed by atoms with van der Waals surface area (Å²) in [5.74, 6) is 0. The number of hydrogen-bond donors (Lipinski definition) is 0. The maximum atomic E-state index is 6.49. The Balaban J connectivity index is 1.75. The first-order chi connectivity index (χ1) is 12.2. The van der Waals surface area contributed by atoms with Crippen LogP contribution in [0, 0.1) is 0 Å². The maximum absolute atomic E-state index is 6.49. The Morgan fingerprint density at radius 1 is 1.00 bits per heavy atom. The Morgan fingerprint density at radius 2 is 1.92 bits per heavy atom. The second-order valence-corrected chi connectivity index (χ2v) is 7.70. The van der Waals surface area contributed by atoms with E-state index in [1.165, 1.54) is 4.70 Å². The van der Waals surface area contributed by atoms with Crippen LogP contribution in [0.2, 0.25) is 10.0 Å². The molecular formula is C20H12Cl2N2S. The van der Waals surface area contributed by atoms with E-state index in [0.29, 0.717) is 6.54 Å². The van der Waals surface area contributed by atoms with E-state index in [-0.39, 0.29) is 0 Å². The highest BCUT2D eigenvalue weighted by atomic mass is 35.5. The predicted molar refractivity (Wildman–Crippen MR) is 107 cm³/mol. The van der Waals surface area contributed by atoms with Crippen molar-refractivity contribution >= 4 is 50.3 Å². The maximum Gasteiger partial charge on any atom is 0.0891 e. The van der Waals surface area contributed by atoms with E-state index in [1.807, 2.05) is 29.8 Å². The van der Waals surface area contributed by atoms with Crippen LogP contribution < -0.4 is 0 Å². The lowest BCUT2D eigenvalue weighted by molar-refractivity contribution is 1.02. The van der Waals surface area contributed by atoms with Gasteiger partial charge in [0, 0.05) is 27.2 Å². The molecule has 5 rings (SSSR count). The van der Waals surface area contributed by atoms with Crippen molar-refractivity contribution < 1.29 is 0 Å². The third-order valence-electron chi connectivity index (χ3n) is 4.51. The second kappa shape index (κ2) is 5.73. The molecule has 2 aromatic carbocycles. The second-order valence-electron chi connectivity index (χ2n) is 5.97. The van der Waals surface area contributed by atoms with Crippen LogP contribution >= 0.6 is 34.5 Å². The summed E-state index contributed by atoms with van der Waals surface area (Å²) < 4.78 is 3.31. The van der Waals surface area contributed by atoms with Crippen LogP contribution in [-0.4, -0.2) is 10.3 Å². The van der Waals surface area contributed by atoms with Gasteiger partial charge < -0.3 is 4.57 Å². The molecule has 0 bridgehead atoms. The van der Waals surface area contributed by atoms with E-state index in [2.05, 4.69) is 34.9 Å². The van der Waals surface area contributed by atoms with Crippen LogP contribution in [0.25, 0.3) is 15.8 Å². The first kappa shape index (κ1) is 15.2. The number of hydrogen-bond acceptors (Lipinski definition) is 2. The van der Waals surface area contributed by atoms with Crippen LogP contribution in [0.15, 0.2) is 65.1 Å². The SMILES string of the molecule is Clc1cccc2c1-n1cccc1C(c1ccc3scc(Cl)c3c1)=NC2. The molecule has 0 atom stereocenters. The van der Waals surface area contributed by atoms with Gasteiger partial charge in [-0.15, -0.1) is 11.3 Å². The van der Waals surface area contributed by atoms with Crippen molar-refractivity contribution in [2.75, 3.05) is 0 Å². The molecule has 1 aliphatic heterocycles. The Kier molecular flexibility index (Phi) is 3.49. The summed E-state index contributed by atoms with van der Waals surface area (Å²) in [6.07, 6.45) is 2.04. The van der Waals surface area contributed by atoms with E-state index in [9.17, 15) is 0 Å². The third kappa shape index (κ3) is 2.35. The fraction of sp³-hybridized carbons (Fsp3) is 0.0500. The summed E-state index contributed by atoms with van der Waals surface area (Å²) in [5, 5.41) is 4.58. The van der Waals surface area contributed by atoms with Gasteiger partial charge in [-0.3, -0.25) is 4.99 Å². The predicted octanol–water partition coefficient (Wildman–Crippen LogP) is 6.35. The van der Waals surface area contributed by atoms with Crippen LogP contribution in [0.3, 0.4) is 0 Å². The van der Waals surface area contributed by atoms with Crippen molar-refractivity contribution in [1.82, 2.24) is 4.57 Å². The molecule has 4 aromatic rings. The third-order valence-corrected chi connectivity index (χ3v) is 6.22. The Hall–Kier alpha value is -2.07. The molecule has 0 N–H and O–H groups in total. The summed E-state index contributed by atoms with van der Waals surface area (Å²) in [4.78, 5) is 4.91. The monoisotopic (exact) mass is 382 g/mol. The van der Waals surface area contributed by atoms with E-state index in [4.69, 9.17) is 28.2 Å². The molecule has 0 saturated heterocycles. The lowest BCUT2D eigenvalue weighted by Crippen LogP contribution is -2.08. The Labute approximate surface area is 159 Å². The van der Waals surface area contributed by atoms with Crippen molar-refractivity contribution in [3.05, 3.63) is 87.0 Å². The van der Waals surface area contributed by atoms with E-state index in [1.54, 1.807) is 11.3 Å². The van der Waals surface area contributed by atoms with Gasteiger partial charge in [-0.25, -0.2) is 0 Å². The first-order valence-electron chi connectivity index (χ1n) is 7.89. The van der Waals surface area contributed by atoms with Crippen molar-refractivity contribution in [3.63, 3.8) is 0 Å². The van der Waals surface area contributed by atoms with Crippen molar-refractivity contribution in [2.45, 2.75) is 6.54 Å². The number of aliphatic imine (C=N–C) groups is 1. The molecule has 0 unspecified atom stereocenters. The zero-order valence-corrected chi connectivity index (χ0v) is 15.4. The number of nitrogens with zero attached hydrogens (tertiary/aromatic N) is 2. The topological polar surface area (TPSA) is 17.3 Å². The zero-order valence-electron chi connectivity index (χ0n) is 13.0. The number of rotatable bonds is 1. The first-order valence-corrected chi connectivity index (χ1v) is 9.53. The van der Waals surface area contributed by atoms with E-state index < -0.39 is 0 Å². The van der Waals surface area contributed by atoms with Crippen molar-refractivity contribution in [1.29, 1.82) is 0 Å². The smallest absolute Gasteiger partial charge is 0.0891 e. The average Bonchev–Trinajstić information content (AvgIpc) is 3.19. The van der Waals surface area contributed by atoms with Gasteiger partial charge in [0.2, 0.25) is 0 Å². The number of fused-ring (bicyclic) bond motifs is 4. The molecular weight excluding hydrogens is 371 g/mol.